The van der Waals surface area contributed by atoms with Crippen LogP contribution in [0, 0.1) is 10.1 Å². The van der Waals surface area contributed by atoms with E-state index >= 15 is 0 Å². The third-order valence-electron chi connectivity index (χ3n) is 3.87. The van der Waals surface area contributed by atoms with E-state index in [4.69, 9.17) is 5.73 Å². The van der Waals surface area contributed by atoms with Gasteiger partial charge in [0.15, 0.2) is 0 Å². The number of anilines is 1. The Morgan fingerprint density at radius 3 is 2.39 bits per heavy atom. The summed E-state index contributed by atoms with van der Waals surface area (Å²) in [6.07, 6.45) is 0.967. The van der Waals surface area contributed by atoms with Gasteiger partial charge in [0.25, 0.3) is 5.69 Å². The van der Waals surface area contributed by atoms with Gasteiger partial charge in [-0.2, -0.15) is 0 Å². The van der Waals surface area contributed by atoms with Gasteiger partial charge in [0.05, 0.1) is 4.92 Å². The first-order valence-electron chi connectivity index (χ1n) is 7.53. The van der Waals surface area contributed by atoms with Crippen LogP contribution >= 0.6 is 0 Å². The number of nitrogens with zero attached hydrogens (tertiary/aromatic N) is 3. The molecule has 1 fully saturated rings. The second-order valence-electron chi connectivity index (χ2n) is 5.43. The maximum absolute atomic E-state index is 12.0. The normalized spacial score (nSPS) is 14.6. The predicted molar refractivity (Wildman–Crippen MR) is 84.9 cm³/mol. The van der Waals surface area contributed by atoms with Crippen molar-refractivity contribution in [3.05, 3.63) is 34.4 Å². The van der Waals surface area contributed by atoms with E-state index < -0.39 is 10.8 Å². The summed E-state index contributed by atoms with van der Waals surface area (Å²) >= 11 is 0. The summed E-state index contributed by atoms with van der Waals surface area (Å²) in [5.41, 5.74) is 5.71. The van der Waals surface area contributed by atoms with Gasteiger partial charge in [0, 0.05) is 45.1 Å². The number of nitro groups is 1. The molecule has 0 radical (unpaired) electrons. The number of hydrogen-bond acceptors (Lipinski definition) is 5. The lowest BCUT2D eigenvalue weighted by Gasteiger charge is -2.35. The van der Waals surface area contributed by atoms with Gasteiger partial charge >= 0.3 is 0 Å². The van der Waals surface area contributed by atoms with Crippen molar-refractivity contribution >= 4 is 23.2 Å². The highest BCUT2D eigenvalue weighted by Gasteiger charge is 2.25. The van der Waals surface area contributed by atoms with E-state index in [9.17, 15) is 19.7 Å². The van der Waals surface area contributed by atoms with Crippen molar-refractivity contribution in [3.8, 4) is 0 Å². The molecule has 0 bridgehead atoms. The molecule has 1 aliphatic heterocycles. The number of hydrogen-bond donors (Lipinski definition) is 1. The van der Waals surface area contributed by atoms with Gasteiger partial charge in [0.1, 0.15) is 5.69 Å². The number of nitro benzene ring substituents is 1. The van der Waals surface area contributed by atoms with Crippen molar-refractivity contribution in [1.82, 2.24) is 4.90 Å². The van der Waals surface area contributed by atoms with Crippen molar-refractivity contribution in [2.24, 2.45) is 5.73 Å². The molecule has 8 heteroatoms. The maximum atomic E-state index is 12.0. The summed E-state index contributed by atoms with van der Waals surface area (Å²) in [7, 11) is 0. The zero-order chi connectivity index (χ0) is 16.8. The second kappa shape index (κ2) is 7.57. The minimum atomic E-state index is -0.404. The van der Waals surface area contributed by atoms with Crippen LogP contribution in [-0.2, 0) is 9.59 Å². The Kier molecular flexibility index (Phi) is 5.51. The topological polar surface area (TPSA) is 110 Å². The smallest absolute Gasteiger partial charge is 0.292 e. The number of rotatable bonds is 6. The molecule has 2 rings (SSSR count). The summed E-state index contributed by atoms with van der Waals surface area (Å²) in [5, 5.41) is 11.1. The SMILES string of the molecule is NC(=O)CCCC(=O)N1CCN(c2ccccc2[N+](=O)[O-])CC1. The Morgan fingerprint density at radius 2 is 1.78 bits per heavy atom. The standard InChI is InChI=1S/C15H20N4O4/c16-14(20)6-3-7-15(21)18-10-8-17(9-11-18)12-4-1-2-5-13(12)19(22)23/h1-2,4-5H,3,6-11H2,(H2,16,20). The summed E-state index contributed by atoms with van der Waals surface area (Å²) in [4.78, 5) is 37.1. The number of amides is 2. The van der Waals surface area contributed by atoms with Crippen molar-refractivity contribution in [2.45, 2.75) is 19.3 Å². The molecule has 1 aromatic rings. The molecule has 1 heterocycles. The molecule has 0 aliphatic carbocycles. The minimum Gasteiger partial charge on any atom is -0.370 e. The van der Waals surface area contributed by atoms with Crippen molar-refractivity contribution < 1.29 is 14.5 Å². The highest BCUT2D eigenvalue weighted by Crippen LogP contribution is 2.28. The lowest BCUT2D eigenvalue weighted by molar-refractivity contribution is -0.384. The first-order valence-corrected chi connectivity index (χ1v) is 7.53. The number of para-hydroxylation sites is 2. The van der Waals surface area contributed by atoms with Gasteiger partial charge in [0.2, 0.25) is 11.8 Å². The first kappa shape index (κ1) is 16.7. The molecule has 124 valence electrons. The lowest BCUT2D eigenvalue weighted by Crippen LogP contribution is -2.48. The number of carbonyl (C=O) groups is 2. The average Bonchev–Trinajstić information content (AvgIpc) is 2.54. The van der Waals surface area contributed by atoms with Gasteiger partial charge in [-0.15, -0.1) is 0 Å². The molecule has 0 aromatic heterocycles. The first-order chi connectivity index (χ1) is 11.0. The molecule has 0 saturated carbocycles. The molecule has 0 atom stereocenters. The van der Waals surface area contributed by atoms with Crippen molar-refractivity contribution in [3.63, 3.8) is 0 Å². The molecule has 1 aliphatic rings. The summed E-state index contributed by atoms with van der Waals surface area (Å²) in [5.74, 6) is -0.410. The monoisotopic (exact) mass is 320 g/mol. The molecular formula is C15H20N4O4. The fraction of sp³-hybridized carbons (Fsp3) is 0.467. The molecule has 1 aromatic carbocycles. The second-order valence-corrected chi connectivity index (χ2v) is 5.43. The van der Waals surface area contributed by atoms with Crippen LogP contribution in [0.1, 0.15) is 19.3 Å². The highest BCUT2D eigenvalue weighted by molar-refractivity contribution is 5.78. The van der Waals surface area contributed by atoms with Crippen LogP contribution in [0.15, 0.2) is 24.3 Å². The van der Waals surface area contributed by atoms with Crippen molar-refractivity contribution in [2.75, 3.05) is 31.1 Å². The van der Waals surface area contributed by atoms with Gasteiger partial charge < -0.3 is 15.5 Å². The maximum Gasteiger partial charge on any atom is 0.292 e. The summed E-state index contributed by atoms with van der Waals surface area (Å²) in [6, 6.07) is 6.61. The molecule has 0 spiro atoms. The summed E-state index contributed by atoms with van der Waals surface area (Å²) in [6.45, 7) is 2.13. The average molecular weight is 320 g/mol. The van der Waals surface area contributed by atoms with Crippen LogP contribution in [0.3, 0.4) is 0 Å². The largest absolute Gasteiger partial charge is 0.370 e. The van der Waals surface area contributed by atoms with Crippen molar-refractivity contribution in [1.29, 1.82) is 0 Å². The molecule has 2 N–H and O–H groups in total. The Labute approximate surface area is 134 Å². The Hall–Kier alpha value is -2.64. The van der Waals surface area contributed by atoms with Crippen LogP contribution < -0.4 is 10.6 Å². The number of nitrogens with two attached hydrogens (primary N) is 1. The number of benzene rings is 1. The van der Waals surface area contributed by atoms with Crippen LogP contribution in [0.25, 0.3) is 0 Å². The van der Waals surface area contributed by atoms with E-state index in [1.165, 1.54) is 6.07 Å². The van der Waals surface area contributed by atoms with E-state index in [1.807, 2.05) is 4.90 Å². The minimum absolute atomic E-state index is 0.00605. The predicted octanol–water partition coefficient (Wildman–Crippen LogP) is 0.899. The zero-order valence-corrected chi connectivity index (χ0v) is 12.8. The van der Waals surface area contributed by atoms with E-state index in [0.717, 1.165) is 0 Å². The zero-order valence-electron chi connectivity index (χ0n) is 12.8. The van der Waals surface area contributed by atoms with E-state index in [2.05, 4.69) is 0 Å². The summed E-state index contributed by atoms with van der Waals surface area (Å²) < 4.78 is 0. The number of piperazine rings is 1. The molecular weight excluding hydrogens is 300 g/mol. The van der Waals surface area contributed by atoms with Gasteiger partial charge in [-0.1, -0.05) is 12.1 Å². The van der Waals surface area contributed by atoms with Gasteiger partial charge in [-0.3, -0.25) is 19.7 Å². The molecule has 23 heavy (non-hydrogen) atoms. The van der Waals surface area contributed by atoms with E-state index in [0.29, 0.717) is 44.7 Å². The Balaban J connectivity index is 1.90. The quantitative estimate of drug-likeness (QED) is 0.618. The van der Waals surface area contributed by atoms with Crippen LogP contribution in [-0.4, -0.2) is 47.8 Å². The van der Waals surface area contributed by atoms with Gasteiger partial charge in [-0.05, 0) is 12.5 Å². The highest BCUT2D eigenvalue weighted by atomic mass is 16.6. The Morgan fingerprint density at radius 1 is 1.13 bits per heavy atom. The molecule has 8 nitrogen and oxygen atoms in total. The Bertz CT molecular complexity index is 597. The molecule has 0 unspecified atom stereocenters. The van der Waals surface area contributed by atoms with Crippen LogP contribution in [0.4, 0.5) is 11.4 Å². The number of carbonyl (C=O) groups excluding carboxylic acids is 2. The fourth-order valence-corrected chi connectivity index (χ4v) is 2.65. The third-order valence-corrected chi connectivity index (χ3v) is 3.87. The van der Waals surface area contributed by atoms with E-state index in [1.54, 1.807) is 23.1 Å². The molecule has 2 amide bonds. The fourth-order valence-electron chi connectivity index (χ4n) is 2.65. The van der Waals surface area contributed by atoms with E-state index in [-0.39, 0.29) is 18.0 Å². The molecule has 1 saturated heterocycles. The number of primary amides is 1. The van der Waals surface area contributed by atoms with Crippen LogP contribution in [0.2, 0.25) is 0 Å². The lowest BCUT2D eigenvalue weighted by atomic mass is 10.2. The van der Waals surface area contributed by atoms with Crippen LogP contribution in [0.5, 0.6) is 0 Å². The van der Waals surface area contributed by atoms with Gasteiger partial charge in [-0.25, -0.2) is 0 Å². The third kappa shape index (κ3) is 4.41.